The molecule has 0 bridgehead atoms. The number of hydrogen-bond acceptors (Lipinski definition) is 5. The number of rotatable bonds is 8. The summed E-state index contributed by atoms with van der Waals surface area (Å²) in [6, 6.07) is 10.5. The van der Waals surface area contributed by atoms with Gasteiger partial charge in [-0.25, -0.2) is 4.98 Å². The largest absolute Gasteiger partial charge is 0.394 e. The molecule has 2 amide bonds. The smallest absolute Gasteiger partial charge is 0.247 e. The molecule has 4 rings (SSSR count). The molecule has 2 aromatic rings. The van der Waals surface area contributed by atoms with Gasteiger partial charge >= 0.3 is 0 Å². The number of benzene rings is 1. The Morgan fingerprint density at radius 2 is 2.06 bits per heavy atom. The Kier molecular flexibility index (Phi) is 6.70. The Morgan fingerprint density at radius 1 is 1.29 bits per heavy atom. The lowest BCUT2D eigenvalue weighted by molar-refractivity contribution is -0.127. The molecule has 2 heterocycles. The lowest BCUT2D eigenvalue weighted by Gasteiger charge is -2.34. The number of halogens is 1. The average molecular weight is 466 g/mol. The molecule has 1 saturated carbocycles. The Hall–Kier alpha value is -3.26. The molecule has 1 aromatic heterocycles. The van der Waals surface area contributed by atoms with Gasteiger partial charge in [0, 0.05) is 25.7 Å². The van der Waals surface area contributed by atoms with Crippen molar-refractivity contribution in [2.75, 3.05) is 37.9 Å². The fraction of sp³-hybridized carbons (Fsp3) is 0.423. The van der Waals surface area contributed by atoms with Gasteiger partial charge in [-0.3, -0.25) is 14.5 Å². The van der Waals surface area contributed by atoms with Gasteiger partial charge in [0.2, 0.25) is 17.8 Å². The summed E-state index contributed by atoms with van der Waals surface area (Å²) < 4.78 is 14.4. The fourth-order valence-corrected chi connectivity index (χ4v) is 4.99. The summed E-state index contributed by atoms with van der Waals surface area (Å²) in [5, 5.41) is 5.70. The van der Waals surface area contributed by atoms with Gasteiger partial charge in [-0.15, -0.1) is 0 Å². The highest BCUT2D eigenvalue weighted by atomic mass is 19.1. The first kappa shape index (κ1) is 23.9. The van der Waals surface area contributed by atoms with Gasteiger partial charge in [0.15, 0.2) is 0 Å². The molecule has 2 aliphatic rings. The van der Waals surface area contributed by atoms with Gasteiger partial charge in [0.25, 0.3) is 0 Å². The summed E-state index contributed by atoms with van der Waals surface area (Å²) in [6.07, 6.45) is 4.80. The summed E-state index contributed by atoms with van der Waals surface area (Å²) in [6.45, 7) is 2.50. The van der Waals surface area contributed by atoms with Crippen LogP contribution in [0.25, 0.3) is 5.57 Å². The van der Waals surface area contributed by atoms with E-state index in [0.29, 0.717) is 24.6 Å². The van der Waals surface area contributed by atoms with Crippen LogP contribution >= 0.6 is 0 Å². The van der Waals surface area contributed by atoms with E-state index in [9.17, 15) is 14.0 Å². The number of nitrogens with one attached hydrogen (secondary N) is 2. The molecule has 2 N–H and O–H groups in total. The maximum atomic E-state index is 14.4. The Morgan fingerprint density at radius 3 is 2.74 bits per heavy atom. The van der Waals surface area contributed by atoms with Crippen LogP contribution < -0.4 is 15.5 Å². The van der Waals surface area contributed by atoms with E-state index in [-0.39, 0.29) is 24.1 Å². The van der Waals surface area contributed by atoms with Crippen molar-refractivity contribution in [2.45, 2.75) is 38.1 Å². The van der Waals surface area contributed by atoms with Crippen LogP contribution in [0.15, 0.2) is 42.6 Å². The van der Waals surface area contributed by atoms with Crippen molar-refractivity contribution in [1.29, 1.82) is 0 Å². The van der Waals surface area contributed by atoms with Gasteiger partial charge in [-0.05, 0) is 69.1 Å². The van der Waals surface area contributed by atoms with E-state index in [1.165, 1.54) is 6.07 Å². The second-order valence-electron chi connectivity index (χ2n) is 9.37. The number of carbonyl (C=O) groups is 2. The van der Waals surface area contributed by atoms with Crippen molar-refractivity contribution in [1.82, 2.24) is 15.2 Å². The third kappa shape index (κ3) is 4.68. The summed E-state index contributed by atoms with van der Waals surface area (Å²) in [5.74, 6) is -0.601. The van der Waals surface area contributed by atoms with Gasteiger partial charge in [0.05, 0.1) is 12.1 Å². The second-order valence-corrected chi connectivity index (χ2v) is 9.37. The predicted molar refractivity (Wildman–Crippen MR) is 132 cm³/mol. The van der Waals surface area contributed by atoms with Crippen molar-refractivity contribution in [3.8, 4) is 0 Å². The Bertz CT molecular complexity index is 1120. The highest BCUT2D eigenvalue weighted by Gasteiger charge is 2.57. The Labute approximate surface area is 200 Å². The van der Waals surface area contributed by atoms with E-state index in [2.05, 4.69) is 15.6 Å². The molecule has 1 aliphatic carbocycles. The zero-order valence-electron chi connectivity index (χ0n) is 20.2. The minimum atomic E-state index is -0.732. The highest BCUT2D eigenvalue weighted by Crippen LogP contribution is 2.48. The summed E-state index contributed by atoms with van der Waals surface area (Å²) in [5.41, 5.74) is 2.79. The van der Waals surface area contributed by atoms with Crippen LogP contribution in [-0.4, -0.2) is 54.9 Å². The molecule has 180 valence electrons. The van der Waals surface area contributed by atoms with Crippen molar-refractivity contribution in [3.63, 3.8) is 0 Å². The van der Waals surface area contributed by atoms with Gasteiger partial charge in [0.1, 0.15) is 11.4 Å². The zero-order chi connectivity index (χ0) is 24.5. The summed E-state index contributed by atoms with van der Waals surface area (Å²) in [4.78, 5) is 33.6. The number of carbonyl (C=O) groups excluding carboxylic acids is 2. The maximum absolute atomic E-state index is 14.4. The topological polar surface area (TPSA) is 77.6 Å². The van der Waals surface area contributed by atoms with Crippen LogP contribution in [0.1, 0.15) is 37.3 Å². The molecule has 34 heavy (non-hydrogen) atoms. The first-order valence-electron chi connectivity index (χ1n) is 11.6. The normalized spacial score (nSPS) is 20.7. The number of nitrogens with zero attached hydrogens (tertiary/aromatic N) is 3. The summed E-state index contributed by atoms with van der Waals surface area (Å²) >= 11 is 0. The first-order chi connectivity index (χ1) is 16.2. The predicted octanol–water partition coefficient (Wildman–Crippen LogP) is 3.43. The van der Waals surface area contributed by atoms with E-state index in [1.54, 1.807) is 11.0 Å². The first-order valence-corrected chi connectivity index (χ1v) is 11.6. The number of amides is 2. The van der Waals surface area contributed by atoms with Crippen LogP contribution in [-0.2, 0) is 16.0 Å². The second kappa shape index (κ2) is 9.54. The molecule has 1 aliphatic heterocycles. The molecule has 0 radical (unpaired) electrons. The minimum Gasteiger partial charge on any atom is -0.394 e. The Balaban J connectivity index is 1.49. The van der Waals surface area contributed by atoms with Crippen LogP contribution in [0.5, 0.6) is 0 Å². The van der Waals surface area contributed by atoms with Crippen LogP contribution in [0.2, 0.25) is 0 Å². The lowest BCUT2D eigenvalue weighted by atomic mass is 9.90. The van der Waals surface area contributed by atoms with Crippen molar-refractivity contribution in [3.05, 3.63) is 59.7 Å². The number of aromatic nitrogens is 1. The molecule has 7 nitrogen and oxygen atoms in total. The monoisotopic (exact) mass is 465 g/mol. The third-order valence-corrected chi connectivity index (χ3v) is 6.85. The standard InChI is InChI=1S/C26H32FN5O2/c1-17(16-28-2)19-7-5-6-18(12-19)13-24(33)30-23-15-21(14-22(27)29-23)32-11-10-26(25(32)34,31(3)4)20-8-9-20/h5-7,12,14-16,20,28H,8-11,13H2,1-4H3,(H,29,30,33)/b17-16+/t26-/m1/s1. The molecule has 1 atom stereocenters. The highest BCUT2D eigenvalue weighted by molar-refractivity contribution is 6.03. The van der Waals surface area contributed by atoms with Gasteiger partial charge in [-0.2, -0.15) is 4.39 Å². The number of likely N-dealkylation sites (N-methyl/N-ethyl adjacent to an activating group) is 1. The fourth-order valence-electron chi connectivity index (χ4n) is 4.99. The molecule has 8 heteroatoms. The molecule has 0 unspecified atom stereocenters. The third-order valence-electron chi connectivity index (χ3n) is 6.85. The van der Waals surface area contributed by atoms with Crippen molar-refractivity contribution in [2.24, 2.45) is 5.92 Å². The van der Waals surface area contributed by atoms with E-state index in [1.807, 2.05) is 63.4 Å². The van der Waals surface area contributed by atoms with E-state index < -0.39 is 11.5 Å². The van der Waals surface area contributed by atoms with E-state index in [4.69, 9.17) is 0 Å². The van der Waals surface area contributed by atoms with Crippen LogP contribution in [0.4, 0.5) is 15.9 Å². The van der Waals surface area contributed by atoms with E-state index >= 15 is 0 Å². The van der Waals surface area contributed by atoms with Crippen molar-refractivity contribution < 1.29 is 14.0 Å². The van der Waals surface area contributed by atoms with Gasteiger partial charge in [-0.1, -0.05) is 24.3 Å². The molecular weight excluding hydrogens is 433 g/mol. The minimum absolute atomic E-state index is 0.00955. The number of pyridine rings is 1. The van der Waals surface area contributed by atoms with Crippen molar-refractivity contribution >= 4 is 28.9 Å². The van der Waals surface area contributed by atoms with E-state index in [0.717, 1.165) is 29.5 Å². The van der Waals surface area contributed by atoms with Gasteiger partial charge < -0.3 is 15.5 Å². The molecule has 1 saturated heterocycles. The van der Waals surface area contributed by atoms with Crippen LogP contribution in [0, 0.1) is 11.9 Å². The maximum Gasteiger partial charge on any atom is 0.247 e. The number of hydrogen-bond donors (Lipinski definition) is 2. The number of anilines is 2. The molecule has 1 aromatic carbocycles. The average Bonchev–Trinajstić information content (AvgIpc) is 3.56. The quantitative estimate of drug-likeness (QED) is 0.584. The lowest BCUT2D eigenvalue weighted by Crippen LogP contribution is -2.52. The SMILES string of the molecule is CN/C=C(\C)c1cccc(CC(=O)Nc2cc(N3CC[C@](C4CC4)(N(C)C)C3=O)cc(F)n2)c1. The zero-order valence-corrected chi connectivity index (χ0v) is 20.2. The molecule has 2 fully saturated rings. The number of allylic oxidation sites excluding steroid dienone is 1. The van der Waals surface area contributed by atoms with Crippen LogP contribution in [0.3, 0.4) is 0 Å². The summed E-state index contributed by atoms with van der Waals surface area (Å²) in [7, 11) is 5.70. The molecule has 0 spiro atoms. The molecular formula is C26H32FN5O2.